The van der Waals surface area contributed by atoms with Crippen LogP contribution in [0.25, 0.3) is 0 Å². The molecule has 0 aliphatic heterocycles. The molecule has 0 fully saturated rings. The molecule has 0 spiro atoms. The molecular formula is C11H12BrClO4. The van der Waals surface area contributed by atoms with Crippen LogP contribution in [-0.2, 0) is 0 Å². The molecule has 0 radical (unpaired) electrons. The molecule has 0 aliphatic carbocycles. The van der Waals surface area contributed by atoms with E-state index in [2.05, 4.69) is 15.9 Å². The molecule has 0 amide bonds. The van der Waals surface area contributed by atoms with E-state index in [4.69, 9.17) is 16.7 Å². The van der Waals surface area contributed by atoms with Gasteiger partial charge in [0.2, 0.25) is 0 Å². The van der Waals surface area contributed by atoms with E-state index in [0.717, 1.165) is 0 Å². The standard InChI is InChI=1S/C11H12BrClO4/c12-8-4-6(3-7(5-8)11(16)17)10(15)9(14)1-2-13/h3-5,9-10,14-15H,1-2H2,(H,16,17). The van der Waals surface area contributed by atoms with Crippen LogP contribution in [-0.4, -0.2) is 33.3 Å². The Balaban J connectivity index is 3.01. The van der Waals surface area contributed by atoms with E-state index < -0.39 is 18.2 Å². The molecular weight excluding hydrogens is 311 g/mol. The third kappa shape index (κ3) is 3.96. The summed E-state index contributed by atoms with van der Waals surface area (Å²) in [7, 11) is 0. The van der Waals surface area contributed by atoms with E-state index in [9.17, 15) is 15.0 Å². The maximum Gasteiger partial charge on any atom is 0.335 e. The smallest absolute Gasteiger partial charge is 0.335 e. The first-order chi connectivity index (χ1) is 7.95. The minimum absolute atomic E-state index is 0.0477. The van der Waals surface area contributed by atoms with E-state index in [1.54, 1.807) is 6.07 Å². The van der Waals surface area contributed by atoms with Crippen LogP contribution in [0.5, 0.6) is 0 Å². The molecule has 0 heterocycles. The minimum atomic E-state index is -1.15. The summed E-state index contributed by atoms with van der Waals surface area (Å²) in [6, 6.07) is 4.32. The van der Waals surface area contributed by atoms with Crippen LogP contribution in [0.4, 0.5) is 0 Å². The summed E-state index contributed by atoms with van der Waals surface area (Å²) in [5.74, 6) is -0.871. The fraction of sp³-hybridized carbons (Fsp3) is 0.364. The van der Waals surface area contributed by atoms with Crippen molar-refractivity contribution in [2.45, 2.75) is 18.6 Å². The highest BCUT2D eigenvalue weighted by molar-refractivity contribution is 9.10. The van der Waals surface area contributed by atoms with Gasteiger partial charge >= 0.3 is 5.97 Å². The van der Waals surface area contributed by atoms with Crippen LogP contribution in [0.2, 0.25) is 0 Å². The zero-order valence-electron chi connectivity index (χ0n) is 8.81. The van der Waals surface area contributed by atoms with Crippen molar-refractivity contribution in [1.82, 2.24) is 0 Å². The number of hydrogen-bond donors (Lipinski definition) is 3. The largest absolute Gasteiger partial charge is 0.478 e. The minimum Gasteiger partial charge on any atom is -0.478 e. The number of benzene rings is 1. The van der Waals surface area contributed by atoms with E-state index in [1.165, 1.54) is 12.1 Å². The Hall–Kier alpha value is -0.620. The van der Waals surface area contributed by atoms with Gasteiger partial charge in [-0.25, -0.2) is 4.79 Å². The third-order valence-corrected chi connectivity index (χ3v) is 2.95. The zero-order valence-corrected chi connectivity index (χ0v) is 11.1. The fourth-order valence-electron chi connectivity index (χ4n) is 1.40. The van der Waals surface area contributed by atoms with Crippen LogP contribution in [0.1, 0.15) is 28.4 Å². The number of halogens is 2. The highest BCUT2D eigenvalue weighted by atomic mass is 79.9. The van der Waals surface area contributed by atoms with Gasteiger partial charge < -0.3 is 15.3 Å². The first-order valence-corrected chi connectivity index (χ1v) is 6.24. The molecule has 0 saturated carbocycles. The first-order valence-electron chi connectivity index (χ1n) is 4.91. The second-order valence-electron chi connectivity index (χ2n) is 3.57. The average molecular weight is 324 g/mol. The summed E-state index contributed by atoms with van der Waals surface area (Å²) in [6.07, 6.45) is -1.93. The van der Waals surface area contributed by atoms with Crippen molar-refractivity contribution in [3.63, 3.8) is 0 Å². The number of hydrogen-bond acceptors (Lipinski definition) is 3. The SMILES string of the molecule is O=C(O)c1cc(Br)cc(C(O)C(O)CCCl)c1. The molecule has 17 heavy (non-hydrogen) atoms. The van der Waals surface area contributed by atoms with Crippen molar-refractivity contribution < 1.29 is 20.1 Å². The summed E-state index contributed by atoms with van der Waals surface area (Å²) in [5, 5.41) is 28.3. The lowest BCUT2D eigenvalue weighted by Gasteiger charge is -2.17. The molecule has 1 aromatic rings. The summed E-state index contributed by atoms with van der Waals surface area (Å²) in [5.41, 5.74) is 0.390. The number of aliphatic hydroxyl groups is 2. The van der Waals surface area contributed by atoms with Gasteiger partial charge in [0.15, 0.2) is 0 Å². The Kier molecular flexibility index (Phi) is 5.39. The van der Waals surface area contributed by atoms with Crippen molar-refractivity contribution in [3.05, 3.63) is 33.8 Å². The van der Waals surface area contributed by atoms with Gasteiger partial charge in [-0.1, -0.05) is 15.9 Å². The summed E-state index contributed by atoms with van der Waals surface area (Å²) >= 11 is 8.62. The van der Waals surface area contributed by atoms with E-state index >= 15 is 0 Å². The average Bonchev–Trinajstić information content (AvgIpc) is 2.27. The van der Waals surface area contributed by atoms with Gasteiger partial charge in [-0.2, -0.15) is 0 Å². The van der Waals surface area contributed by atoms with Gasteiger partial charge in [0.1, 0.15) is 6.10 Å². The Morgan fingerprint density at radius 1 is 1.35 bits per heavy atom. The summed E-state index contributed by atoms with van der Waals surface area (Å²) < 4.78 is 0.532. The van der Waals surface area contributed by atoms with Gasteiger partial charge in [0.05, 0.1) is 11.7 Å². The second kappa shape index (κ2) is 6.35. The molecule has 4 nitrogen and oxygen atoms in total. The summed E-state index contributed by atoms with van der Waals surface area (Å²) in [4.78, 5) is 10.8. The van der Waals surface area contributed by atoms with E-state index in [1.807, 2.05) is 0 Å². The number of carboxylic acid groups (broad SMARTS) is 1. The van der Waals surface area contributed by atoms with Crippen LogP contribution in [0, 0.1) is 0 Å². The Morgan fingerprint density at radius 2 is 2.00 bits per heavy atom. The number of rotatable bonds is 5. The van der Waals surface area contributed by atoms with Crippen LogP contribution in [0.15, 0.2) is 22.7 Å². The van der Waals surface area contributed by atoms with Crippen LogP contribution < -0.4 is 0 Å². The van der Waals surface area contributed by atoms with E-state index in [-0.39, 0.29) is 17.9 Å². The van der Waals surface area contributed by atoms with E-state index in [0.29, 0.717) is 10.0 Å². The predicted molar refractivity (Wildman–Crippen MR) is 67.4 cm³/mol. The van der Waals surface area contributed by atoms with Crippen LogP contribution >= 0.6 is 27.5 Å². The molecule has 0 saturated heterocycles. The van der Waals surface area contributed by atoms with Gasteiger partial charge in [0, 0.05) is 10.4 Å². The monoisotopic (exact) mass is 322 g/mol. The first kappa shape index (κ1) is 14.4. The quantitative estimate of drug-likeness (QED) is 0.726. The molecule has 0 bridgehead atoms. The molecule has 3 N–H and O–H groups in total. The normalized spacial score (nSPS) is 14.4. The highest BCUT2D eigenvalue weighted by Crippen LogP contribution is 2.24. The van der Waals surface area contributed by atoms with Gasteiger partial charge in [-0.05, 0) is 30.2 Å². The Bertz CT molecular complexity index is 410. The van der Waals surface area contributed by atoms with Crippen molar-refractivity contribution in [1.29, 1.82) is 0 Å². The molecule has 1 rings (SSSR count). The Morgan fingerprint density at radius 3 is 2.53 bits per heavy atom. The van der Waals surface area contributed by atoms with Crippen molar-refractivity contribution >= 4 is 33.5 Å². The van der Waals surface area contributed by atoms with Crippen LogP contribution in [0.3, 0.4) is 0 Å². The lowest BCUT2D eigenvalue weighted by atomic mass is 10.0. The Labute approximate surface area is 112 Å². The van der Waals surface area contributed by atoms with Crippen molar-refractivity contribution in [2.75, 3.05) is 5.88 Å². The fourth-order valence-corrected chi connectivity index (χ4v) is 2.13. The van der Waals surface area contributed by atoms with Gasteiger partial charge in [-0.3, -0.25) is 0 Å². The molecule has 0 aliphatic rings. The zero-order chi connectivity index (χ0) is 13.0. The summed E-state index contributed by atoms with van der Waals surface area (Å²) in [6.45, 7) is 0. The molecule has 94 valence electrons. The number of aliphatic hydroxyl groups excluding tert-OH is 2. The van der Waals surface area contributed by atoms with Crippen molar-refractivity contribution in [3.8, 4) is 0 Å². The molecule has 2 unspecified atom stereocenters. The lowest BCUT2D eigenvalue weighted by molar-refractivity contribution is 0.0169. The van der Waals surface area contributed by atoms with Gasteiger partial charge in [-0.15, -0.1) is 11.6 Å². The maximum atomic E-state index is 10.8. The third-order valence-electron chi connectivity index (χ3n) is 2.28. The maximum absolute atomic E-state index is 10.8. The second-order valence-corrected chi connectivity index (χ2v) is 4.86. The molecule has 1 aromatic carbocycles. The van der Waals surface area contributed by atoms with Crippen molar-refractivity contribution in [2.24, 2.45) is 0 Å². The number of carboxylic acids is 1. The molecule has 2 atom stereocenters. The number of alkyl halides is 1. The number of carbonyl (C=O) groups is 1. The topological polar surface area (TPSA) is 77.8 Å². The predicted octanol–water partition coefficient (Wildman–Crippen LogP) is 2.17. The highest BCUT2D eigenvalue weighted by Gasteiger charge is 2.19. The molecule has 0 aromatic heterocycles. The molecule has 6 heteroatoms. The number of aromatic carboxylic acids is 1. The van der Waals surface area contributed by atoms with Gasteiger partial charge in [0.25, 0.3) is 0 Å². The lowest BCUT2D eigenvalue weighted by Crippen LogP contribution is -2.19.